The first kappa shape index (κ1) is 19.7. The highest BCUT2D eigenvalue weighted by molar-refractivity contribution is 6.32. The maximum Gasteiger partial charge on any atom is 0.145 e. The van der Waals surface area contributed by atoms with Gasteiger partial charge in [-0.1, -0.05) is 55.3 Å². The SMILES string of the molecule is C/C=C/C1CCC(C2CC=C(c3ccc(CCC)c(F)c3Cl)CC2)CC1. The second-order valence-electron chi connectivity index (χ2n) is 8.11. The van der Waals surface area contributed by atoms with Crippen molar-refractivity contribution in [2.45, 2.75) is 71.6 Å². The van der Waals surface area contributed by atoms with Gasteiger partial charge in [-0.2, -0.15) is 0 Å². The lowest BCUT2D eigenvalue weighted by Gasteiger charge is -2.35. The van der Waals surface area contributed by atoms with Gasteiger partial charge in [-0.3, -0.25) is 0 Å². The Kier molecular flexibility index (Phi) is 6.98. The van der Waals surface area contributed by atoms with Crippen LogP contribution in [-0.4, -0.2) is 0 Å². The summed E-state index contributed by atoms with van der Waals surface area (Å²) in [6.07, 6.45) is 17.4. The number of rotatable bonds is 5. The van der Waals surface area contributed by atoms with Crippen LogP contribution in [0.4, 0.5) is 4.39 Å². The van der Waals surface area contributed by atoms with Crippen LogP contribution in [0, 0.1) is 23.6 Å². The average Bonchev–Trinajstić information content (AvgIpc) is 2.67. The van der Waals surface area contributed by atoms with E-state index in [9.17, 15) is 4.39 Å². The molecule has 1 unspecified atom stereocenters. The fourth-order valence-corrected chi connectivity index (χ4v) is 5.21. The summed E-state index contributed by atoms with van der Waals surface area (Å²) in [4.78, 5) is 0. The topological polar surface area (TPSA) is 0 Å². The van der Waals surface area contributed by atoms with Gasteiger partial charge in [0.25, 0.3) is 0 Å². The molecular formula is C24H32ClF. The van der Waals surface area contributed by atoms with Crippen LogP contribution in [0.5, 0.6) is 0 Å². The molecule has 1 saturated carbocycles. The van der Waals surface area contributed by atoms with Crippen LogP contribution < -0.4 is 0 Å². The predicted octanol–water partition coefficient (Wildman–Crippen LogP) is 8.00. The van der Waals surface area contributed by atoms with E-state index in [2.05, 4.69) is 32.1 Å². The molecule has 0 aliphatic heterocycles. The second kappa shape index (κ2) is 9.22. The van der Waals surface area contributed by atoms with Crippen molar-refractivity contribution in [3.63, 3.8) is 0 Å². The highest BCUT2D eigenvalue weighted by Gasteiger charge is 2.28. The summed E-state index contributed by atoms with van der Waals surface area (Å²) in [5.74, 6) is 2.26. The zero-order chi connectivity index (χ0) is 18.5. The van der Waals surface area contributed by atoms with Gasteiger partial charge in [-0.25, -0.2) is 4.39 Å². The Morgan fingerprint density at radius 2 is 1.88 bits per heavy atom. The largest absolute Gasteiger partial charge is 0.205 e. The molecule has 0 bridgehead atoms. The van der Waals surface area contributed by atoms with E-state index in [4.69, 9.17) is 11.6 Å². The van der Waals surface area contributed by atoms with E-state index in [-0.39, 0.29) is 5.82 Å². The molecule has 0 aromatic heterocycles. The molecule has 142 valence electrons. The third-order valence-electron chi connectivity index (χ3n) is 6.43. The number of hydrogen-bond donors (Lipinski definition) is 0. The summed E-state index contributed by atoms with van der Waals surface area (Å²) in [6.45, 7) is 4.19. The third-order valence-corrected chi connectivity index (χ3v) is 6.80. The van der Waals surface area contributed by atoms with Crippen molar-refractivity contribution in [2.75, 3.05) is 0 Å². The number of halogens is 2. The van der Waals surface area contributed by atoms with Crippen molar-refractivity contribution in [3.05, 3.63) is 52.3 Å². The molecule has 2 heteroatoms. The molecule has 1 fully saturated rings. The zero-order valence-corrected chi connectivity index (χ0v) is 17.0. The van der Waals surface area contributed by atoms with Crippen LogP contribution >= 0.6 is 11.6 Å². The number of benzene rings is 1. The first-order chi connectivity index (χ1) is 12.6. The van der Waals surface area contributed by atoms with E-state index >= 15 is 0 Å². The average molecular weight is 375 g/mol. The van der Waals surface area contributed by atoms with Crippen LogP contribution in [0.2, 0.25) is 5.02 Å². The van der Waals surface area contributed by atoms with Gasteiger partial charge in [0, 0.05) is 0 Å². The van der Waals surface area contributed by atoms with Gasteiger partial charge in [0.1, 0.15) is 5.82 Å². The molecule has 0 nitrogen and oxygen atoms in total. The monoisotopic (exact) mass is 374 g/mol. The summed E-state index contributed by atoms with van der Waals surface area (Å²) in [6, 6.07) is 3.96. The Morgan fingerprint density at radius 1 is 1.12 bits per heavy atom. The van der Waals surface area contributed by atoms with Crippen LogP contribution in [0.1, 0.15) is 76.3 Å². The Hall–Kier alpha value is -1.08. The van der Waals surface area contributed by atoms with Gasteiger partial charge < -0.3 is 0 Å². The highest BCUT2D eigenvalue weighted by Crippen LogP contribution is 2.42. The van der Waals surface area contributed by atoms with Gasteiger partial charge in [0.15, 0.2) is 0 Å². The molecule has 0 amide bonds. The van der Waals surface area contributed by atoms with Crippen molar-refractivity contribution in [3.8, 4) is 0 Å². The highest BCUT2D eigenvalue weighted by atomic mass is 35.5. The zero-order valence-electron chi connectivity index (χ0n) is 16.2. The molecule has 1 aromatic carbocycles. The number of allylic oxidation sites excluding steroid dienone is 4. The smallest absolute Gasteiger partial charge is 0.145 e. The van der Waals surface area contributed by atoms with Crippen molar-refractivity contribution < 1.29 is 4.39 Å². The fraction of sp³-hybridized carbons (Fsp3) is 0.583. The molecule has 0 spiro atoms. The molecule has 2 aliphatic carbocycles. The summed E-state index contributed by atoms with van der Waals surface area (Å²) in [7, 11) is 0. The van der Waals surface area contributed by atoms with E-state index in [0.717, 1.165) is 54.6 Å². The lowest BCUT2D eigenvalue weighted by atomic mass is 9.71. The molecule has 1 aromatic rings. The number of hydrogen-bond acceptors (Lipinski definition) is 0. The molecule has 3 rings (SSSR count). The fourth-order valence-electron chi connectivity index (χ4n) is 4.91. The summed E-state index contributed by atoms with van der Waals surface area (Å²) in [5.41, 5.74) is 2.91. The molecule has 0 radical (unpaired) electrons. The minimum atomic E-state index is -0.212. The van der Waals surface area contributed by atoms with Crippen LogP contribution in [-0.2, 0) is 6.42 Å². The summed E-state index contributed by atoms with van der Waals surface area (Å²) in [5, 5.41) is 0.326. The van der Waals surface area contributed by atoms with Crippen LogP contribution in [0.3, 0.4) is 0 Å². The molecular weight excluding hydrogens is 343 g/mol. The lowest BCUT2D eigenvalue weighted by Crippen LogP contribution is -2.22. The van der Waals surface area contributed by atoms with Crippen LogP contribution in [0.25, 0.3) is 5.57 Å². The first-order valence-electron chi connectivity index (χ1n) is 10.4. The normalized spacial score (nSPS) is 26.9. The Balaban J connectivity index is 1.64. The Morgan fingerprint density at radius 3 is 2.50 bits per heavy atom. The first-order valence-corrected chi connectivity index (χ1v) is 10.8. The third kappa shape index (κ3) is 4.42. The maximum absolute atomic E-state index is 14.5. The van der Waals surface area contributed by atoms with Crippen molar-refractivity contribution in [1.82, 2.24) is 0 Å². The lowest BCUT2D eigenvalue weighted by molar-refractivity contribution is 0.212. The Labute approximate surface area is 163 Å². The number of aryl methyl sites for hydroxylation is 1. The summed E-state index contributed by atoms with van der Waals surface area (Å²) < 4.78 is 14.5. The van der Waals surface area contributed by atoms with Gasteiger partial charge in [-0.15, -0.1) is 0 Å². The Bertz CT molecular complexity index is 665. The quantitative estimate of drug-likeness (QED) is 0.458. The molecule has 0 N–H and O–H groups in total. The molecule has 0 saturated heterocycles. The molecule has 1 atom stereocenters. The second-order valence-corrected chi connectivity index (χ2v) is 8.49. The summed E-state index contributed by atoms with van der Waals surface area (Å²) >= 11 is 6.38. The van der Waals surface area contributed by atoms with Gasteiger partial charge in [0.2, 0.25) is 0 Å². The maximum atomic E-state index is 14.5. The van der Waals surface area contributed by atoms with Gasteiger partial charge >= 0.3 is 0 Å². The van der Waals surface area contributed by atoms with E-state index in [1.807, 2.05) is 12.1 Å². The minimum absolute atomic E-state index is 0.212. The molecule has 0 heterocycles. The van der Waals surface area contributed by atoms with Crippen molar-refractivity contribution >= 4 is 17.2 Å². The van der Waals surface area contributed by atoms with Gasteiger partial charge in [0.05, 0.1) is 5.02 Å². The van der Waals surface area contributed by atoms with E-state index in [1.54, 1.807) is 0 Å². The molecule has 26 heavy (non-hydrogen) atoms. The minimum Gasteiger partial charge on any atom is -0.205 e. The standard InChI is InChI=1S/C24H32ClF/c1-3-5-17-7-9-18(10-8-17)19-11-13-20(14-12-19)22-16-15-21(6-4-2)24(26)23(22)25/h3,5,13,15-19H,4,6-12,14H2,1-2H3/b5-3+. The van der Waals surface area contributed by atoms with Crippen LogP contribution in [0.15, 0.2) is 30.4 Å². The van der Waals surface area contributed by atoms with E-state index < -0.39 is 0 Å². The molecule has 2 aliphatic rings. The van der Waals surface area contributed by atoms with Crippen molar-refractivity contribution in [2.24, 2.45) is 17.8 Å². The predicted molar refractivity (Wildman–Crippen MR) is 111 cm³/mol. The van der Waals surface area contributed by atoms with Gasteiger partial charge in [-0.05, 0) is 92.7 Å². The van der Waals surface area contributed by atoms with E-state index in [0.29, 0.717) is 5.02 Å². The van der Waals surface area contributed by atoms with E-state index in [1.165, 1.54) is 37.7 Å². The van der Waals surface area contributed by atoms with Crippen molar-refractivity contribution in [1.29, 1.82) is 0 Å².